The van der Waals surface area contributed by atoms with Gasteiger partial charge >= 0.3 is 0 Å². The van der Waals surface area contributed by atoms with Crippen molar-refractivity contribution in [1.82, 2.24) is 10.4 Å². The van der Waals surface area contributed by atoms with Crippen molar-refractivity contribution in [2.45, 2.75) is 37.9 Å². The third kappa shape index (κ3) is 8.72. The van der Waals surface area contributed by atoms with Crippen LogP contribution in [0.15, 0.2) is 54.6 Å². The zero-order valence-corrected chi connectivity index (χ0v) is 19.8. The summed E-state index contributed by atoms with van der Waals surface area (Å²) in [5.41, 5.74) is 3.15. The summed E-state index contributed by atoms with van der Waals surface area (Å²) in [5, 5.41) is 9.03. The average Bonchev–Trinajstić information content (AvgIpc) is 2.77. The van der Waals surface area contributed by atoms with Gasteiger partial charge in [0, 0.05) is 30.5 Å². The van der Waals surface area contributed by atoms with Crippen LogP contribution < -0.4 is 5.48 Å². The first-order valence-corrected chi connectivity index (χ1v) is 12.3. The van der Waals surface area contributed by atoms with Crippen molar-refractivity contribution in [1.29, 1.82) is 0 Å². The molecule has 0 saturated carbocycles. The van der Waals surface area contributed by atoms with Crippen molar-refractivity contribution in [3.05, 3.63) is 60.2 Å². The van der Waals surface area contributed by atoms with Crippen molar-refractivity contribution >= 4 is 15.7 Å². The second-order valence-corrected chi connectivity index (χ2v) is 10.1. The Hall–Kier alpha value is -2.84. The van der Waals surface area contributed by atoms with Crippen molar-refractivity contribution in [2.75, 3.05) is 25.9 Å². The smallest absolute Gasteiger partial charge is 0.264 e. The molecule has 32 heavy (non-hydrogen) atoms. The first-order chi connectivity index (χ1) is 15.2. The van der Waals surface area contributed by atoms with E-state index in [1.54, 1.807) is 12.2 Å². The van der Waals surface area contributed by atoms with Crippen LogP contribution in [0.3, 0.4) is 0 Å². The van der Waals surface area contributed by atoms with Gasteiger partial charge in [0.2, 0.25) is 0 Å². The summed E-state index contributed by atoms with van der Waals surface area (Å²) in [4.78, 5) is 14.1. The van der Waals surface area contributed by atoms with Gasteiger partial charge in [0.15, 0.2) is 14.6 Å². The van der Waals surface area contributed by atoms with Crippen molar-refractivity contribution in [3.8, 4) is 23.7 Å². The van der Waals surface area contributed by atoms with E-state index in [-0.39, 0.29) is 6.42 Å². The van der Waals surface area contributed by atoms with E-state index in [9.17, 15) is 13.2 Å². The number of carbonyl (C=O) groups excluding carboxylic acids is 1. The second-order valence-electron chi connectivity index (χ2n) is 7.62. The molecular formula is C25H32N2O4S. The molecule has 1 unspecified atom stereocenters. The monoisotopic (exact) mass is 456 g/mol. The van der Waals surface area contributed by atoms with E-state index in [2.05, 4.69) is 37.2 Å². The summed E-state index contributed by atoms with van der Waals surface area (Å²) in [7, 11) is -3.75. The van der Waals surface area contributed by atoms with Crippen LogP contribution in [0, 0.1) is 23.7 Å². The normalized spacial score (nSPS) is 13.2. The molecule has 1 aromatic rings. The number of hydroxylamine groups is 1. The van der Waals surface area contributed by atoms with Crippen molar-refractivity contribution in [3.63, 3.8) is 0 Å². The third-order valence-electron chi connectivity index (χ3n) is 5.11. The zero-order valence-electron chi connectivity index (χ0n) is 19.0. The molecule has 0 bridgehead atoms. The van der Waals surface area contributed by atoms with Gasteiger partial charge in [-0.25, -0.2) is 13.9 Å². The Morgan fingerprint density at radius 1 is 1.25 bits per heavy atom. The molecule has 1 atom stereocenters. The van der Waals surface area contributed by atoms with Crippen LogP contribution >= 0.6 is 0 Å². The molecule has 0 spiro atoms. The maximum atomic E-state index is 12.2. The van der Waals surface area contributed by atoms with E-state index in [4.69, 9.17) is 5.21 Å². The minimum atomic E-state index is -3.75. The molecule has 0 radical (unpaired) electrons. The highest BCUT2D eigenvalue weighted by atomic mass is 32.2. The number of hydrogen-bond acceptors (Lipinski definition) is 5. The van der Waals surface area contributed by atoms with Crippen LogP contribution in [0.2, 0.25) is 0 Å². The molecule has 0 aliphatic carbocycles. The first kappa shape index (κ1) is 27.2. The number of sulfone groups is 1. The van der Waals surface area contributed by atoms with Crippen molar-refractivity contribution < 1.29 is 18.4 Å². The number of nitrogens with zero attached hydrogens (tertiary/aromatic N) is 1. The lowest BCUT2D eigenvalue weighted by Crippen LogP contribution is -2.51. The molecule has 0 saturated heterocycles. The van der Waals surface area contributed by atoms with Crippen LogP contribution in [0.4, 0.5) is 0 Å². The van der Waals surface area contributed by atoms with Crippen LogP contribution in [0.5, 0.6) is 0 Å². The molecule has 0 aromatic heterocycles. The third-order valence-corrected chi connectivity index (χ3v) is 7.14. The topological polar surface area (TPSA) is 86.7 Å². The summed E-state index contributed by atoms with van der Waals surface area (Å²) >= 11 is 0. The van der Waals surface area contributed by atoms with E-state index < -0.39 is 20.5 Å². The first-order valence-electron chi connectivity index (χ1n) is 10.4. The van der Waals surface area contributed by atoms with Gasteiger partial charge in [-0.3, -0.25) is 14.9 Å². The molecule has 7 heteroatoms. The molecule has 1 amide bonds. The second kappa shape index (κ2) is 13.5. The number of nitrogens with one attached hydrogen (secondary N) is 1. The maximum Gasteiger partial charge on any atom is 0.264 e. The molecule has 1 aromatic carbocycles. The lowest BCUT2D eigenvalue weighted by atomic mass is 10.1. The number of hydrogen-bond donors (Lipinski definition) is 2. The Labute approximate surface area is 192 Å². The summed E-state index contributed by atoms with van der Waals surface area (Å²) in [5.74, 6) is 10.8. The lowest BCUT2D eigenvalue weighted by molar-refractivity contribution is -0.131. The molecule has 0 aliphatic heterocycles. The van der Waals surface area contributed by atoms with Gasteiger partial charge in [-0.1, -0.05) is 56.0 Å². The highest BCUT2D eigenvalue weighted by molar-refractivity contribution is 7.92. The Morgan fingerprint density at radius 3 is 2.50 bits per heavy atom. The van der Waals surface area contributed by atoms with Crippen LogP contribution in [0.25, 0.3) is 0 Å². The Kier molecular flexibility index (Phi) is 11.5. The number of amides is 1. The number of rotatable bonds is 11. The Morgan fingerprint density at radius 2 is 1.94 bits per heavy atom. The lowest BCUT2D eigenvalue weighted by Gasteiger charge is -2.29. The van der Waals surface area contributed by atoms with E-state index in [0.29, 0.717) is 19.6 Å². The van der Waals surface area contributed by atoms with Crippen LogP contribution in [0.1, 0.15) is 38.7 Å². The van der Waals surface area contributed by atoms with Gasteiger partial charge in [0.05, 0.1) is 0 Å². The number of benzene rings is 1. The fraction of sp³-hybridized carbons (Fsp3) is 0.400. The van der Waals surface area contributed by atoms with E-state index in [1.807, 2.05) is 35.2 Å². The SMILES string of the molecule is C=C/C=C(/C#CC#Cc1ccccc1)CN(CCCC)CCC(C)(C(=O)NO)S(C)(=O)=O. The molecule has 6 nitrogen and oxygen atoms in total. The minimum Gasteiger partial charge on any atom is -0.298 e. The predicted octanol–water partition coefficient (Wildman–Crippen LogP) is 2.95. The molecule has 0 fully saturated rings. The van der Waals surface area contributed by atoms with E-state index >= 15 is 0 Å². The van der Waals surface area contributed by atoms with Crippen LogP contribution in [-0.4, -0.2) is 55.1 Å². The average molecular weight is 457 g/mol. The van der Waals surface area contributed by atoms with Gasteiger partial charge in [0.25, 0.3) is 5.91 Å². The van der Waals surface area contributed by atoms with Gasteiger partial charge in [0.1, 0.15) is 0 Å². The molecule has 2 N–H and O–H groups in total. The Bertz CT molecular complexity index is 1020. The molecule has 0 aliphatic rings. The van der Waals surface area contributed by atoms with Gasteiger partial charge < -0.3 is 0 Å². The molecular weight excluding hydrogens is 424 g/mol. The van der Waals surface area contributed by atoms with Crippen molar-refractivity contribution in [2.24, 2.45) is 0 Å². The number of unbranched alkanes of at least 4 members (excludes halogenated alkanes) is 1. The highest BCUT2D eigenvalue weighted by Crippen LogP contribution is 2.22. The van der Waals surface area contributed by atoms with Crippen LogP contribution in [-0.2, 0) is 14.6 Å². The fourth-order valence-corrected chi connectivity index (χ4v) is 3.71. The fourth-order valence-electron chi connectivity index (χ4n) is 2.86. The van der Waals surface area contributed by atoms with E-state index in [1.165, 1.54) is 12.4 Å². The van der Waals surface area contributed by atoms with E-state index in [0.717, 1.165) is 30.2 Å². The number of allylic oxidation sites excluding steroid dienone is 2. The standard InChI is InChI=1S/C25H32N2O4S/c1-5-7-19-27(20-18-25(3,24(28)26-29)32(4,30)31)21-23(13-6-2)17-12-11-16-22-14-9-8-10-15-22/h6,8-10,13-15,29H,2,5,7,18-21H2,1,3-4H3,(H,26,28)/b23-13-. The summed E-state index contributed by atoms with van der Waals surface area (Å²) in [6, 6.07) is 9.55. The largest absolute Gasteiger partial charge is 0.298 e. The molecule has 1 rings (SSSR count). The predicted molar refractivity (Wildman–Crippen MR) is 129 cm³/mol. The minimum absolute atomic E-state index is 0.0323. The summed E-state index contributed by atoms with van der Waals surface area (Å²) in [6.07, 6.45) is 6.35. The number of carbonyl (C=O) groups is 1. The highest BCUT2D eigenvalue weighted by Gasteiger charge is 2.43. The summed E-state index contributed by atoms with van der Waals surface area (Å²) in [6.45, 7) is 8.64. The Balaban J connectivity index is 3.01. The summed E-state index contributed by atoms with van der Waals surface area (Å²) < 4.78 is 22.8. The molecule has 0 heterocycles. The van der Waals surface area contributed by atoms with Gasteiger partial charge in [-0.15, -0.1) is 0 Å². The maximum absolute atomic E-state index is 12.2. The quantitative estimate of drug-likeness (QED) is 0.231. The zero-order chi connectivity index (χ0) is 24.0. The molecule has 172 valence electrons. The van der Waals surface area contributed by atoms with Gasteiger partial charge in [-0.2, -0.15) is 0 Å². The van der Waals surface area contributed by atoms with Gasteiger partial charge in [-0.05, 0) is 56.4 Å².